The van der Waals surface area contributed by atoms with Crippen molar-refractivity contribution in [1.82, 2.24) is 14.5 Å². The van der Waals surface area contributed by atoms with Gasteiger partial charge < -0.3 is 20.3 Å². The van der Waals surface area contributed by atoms with Gasteiger partial charge in [0.25, 0.3) is 5.91 Å². The summed E-state index contributed by atoms with van der Waals surface area (Å²) < 4.78 is 7.36. The Kier molecular flexibility index (Phi) is 4.37. The summed E-state index contributed by atoms with van der Waals surface area (Å²) in [5, 5.41) is 22.0. The molecule has 0 unspecified atom stereocenters. The van der Waals surface area contributed by atoms with Crippen molar-refractivity contribution in [2.45, 2.75) is 24.9 Å². The summed E-state index contributed by atoms with van der Waals surface area (Å²) in [5.41, 5.74) is 2.15. The van der Waals surface area contributed by atoms with Crippen molar-refractivity contribution < 1.29 is 19.7 Å². The van der Waals surface area contributed by atoms with Gasteiger partial charge in [-0.25, -0.2) is 9.97 Å². The number of amides is 1. The third-order valence-electron chi connectivity index (χ3n) is 4.44. The van der Waals surface area contributed by atoms with Gasteiger partial charge in [0.05, 0.1) is 24.7 Å². The molecule has 26 heavy (non-hydrogen) atoms. The Morgan fingerprint density at radius 1 is 1.27 bits per heavy atom. The Hall–Kier alpha value is -2.81. The summed E-state index contributed by atoms with van der Waals surface area (Å²) >= 11 is 0. The Morgan fingerprint density at radius 3 is 2.81 bits per heavy atom. The molecular weight excluding hydrogens is 336 g/mol. The molecule has 3 heterocycles. The molecule has 8 nitrogen and oxygen atoms in total. The molecular formula is C18H18N4O4. The predicted molar refractivity (Wildman–Crippen MR) is 93.5 cm³/mol. The first-order chi connectivity index (χ1) is 12.7. The number of pyridine rings is 1. The van der Waals surface area contributed by atoms with Crippen LogP contribution in [-0.2, 0) is 4.74 Å². The third-order valence-corrected chi connectivity index (χ3v) is 4.44. The molecule has 0 aliphatic carbocycles. The average molecular weight is 354 g/mol. The van der Waals surface area contributed by atoms with Crippen LogP contribution in [0, 0.1) is 0 Å². The van der Waals surface area contributed by atoms with Crippen molar-refractivity contribution in [1.29, 1.82) is 0 Å². The number of fused-ring (bicyclic) bond motifs is 1. The monoisotopic (exact) mass is 354 g/mol. The van der Waals surface area contributed by atoms with Crippen LogP contribution in [0.5, 0.6) is 0 Å². The largest absolute Gasteiger partial charge is 0.394 e. The van der Waals surface area contributed by atoms with E-state index in [1.54, 1.807) is 47.4 Å². The first-order valence-corrected chi connectivity index (χ1v) is 8.29. The normalized spacial score (nSPS) is 22.6. The van der Waals surface area contributed by atoms with Crippen molar-refractivity contribution in [2.75, 3.05) is 11.9 Å². The molecule has 0 saturated carbocycles. The summed E-state index contributed by atoms with van der Waals surface area (Å²) in [6, 6.07) is 10.6. The maximum absolute atomic E-state index is 12.4. The van der Waals surface area contributed by atoms with Crippen LogP contribution in [0.3, 0.4) is 0 Å². The first-order valence-electron chi connectivity index (χ1n) is 8.29. The quantitative estimate of drug-likeness (QED) is 0.652. The second-order valence-electron chi connectivity index (χ2n) is 6.12. The van der Waals surface area contributed by atoms with E-state index in [2.05, 4.69) is 15.3 Å². The maximum atomic E-state index is 12.4. The lowest BCUT2D eigenvalue weighted by atomic mass is 10.2. The predicted octanol–water partition coefficient (Wildman–Crippen LogP) is 1.32. The van der Waals surface area contributed by atoms with E-state index in [1.165, 1.54) is 0 Å². The number of anilines is 1. The topological polar surface area (TPSA) is 110 Å². The van der Waals surface area contributed by atoms with Crippen LogP contribution in [-0.4, -0.2) is 49.5 Å². The van der Waals surface area contributed by atoms with Crippen LogP contribution in [0.4, 0.5) is 5.69 Å². The van der Waals surface area contributed by atoms with Gasteiger partial charge in [0.15, 0.2) is 5.65 Å². The number of nitrogens with one attached hydrogen (secondary N) is 1. The van der Waals surface area contributed by atoms with E-state index in [0.29, 0.717) is 28.8 Å². The highest BCUT2D eigenvalue weighted by molar-refractivity contribution is 6.07. The van der Waals surface area contributed by atoms with Gasteiger partial charge in [-0.05, 0) is 18.2 Å². The molecule has 1 fully saturated rings. The number of ether oxygens (including phenoxy) is 1. The second kappa shape index (κ2) is 6.83. The van der Waals surface area contributed by atoms with Gasteiger partial charge in [0, 0.05) is 18.2 Å². The fraction of sp³-hybridized carbons (Fsp3) is 0.278. The number of carbonyl (C=O) groups is 1. The summed E-state index contributed by atoms with van der Waals surface area (Å²) in [6.45, 7) is -0.254. The average Bonchev–Trinajstić information content (AvgIpc) is 3.26. The van der Waals surface area contributed by atoms with Crippen molar-refractivity contribution in [3.05, 3.63) is 54.5 Å². The van der Waals surface area contributed by atoms with Gasteiger partial charge in [-0.3, -0.25) is 9.36 Å². The standard InChI is InChI=1S/C18H18N4O4/c23-9-14-13(24)8-15(26-14)22-10-20-16-12(6-7-19-17(16)22)21-18(25)11-4-2-1-3-5-11/h1-7,10,13-15,23-24H,8-9H2,(H,19,21,25)/t13-,14+,15+/m0/s1. The minimum absolute atomic E-state index is 0.236. The highest BCUT2D eigenvalue weighted by atomic mass is 16.5. The molecule has 3 aromatic rings. The van der Waals surface area contributed by atoms with Crippen LogP contribution >= 0.6 is 0 Å². The molecule has 4 rings (SSSR count). The van der Waals surface area contributed by atoms with E-state index < -0.39 is 18.4 Å². The molecule has 1 amide bonds. The third kappa shape index (κ3) is 2.94. The SMILES string of the molecule is O=C(Nc1ccnc2c1ncn2[C@H]1C[C@H](O)[C@@H](CO)O1)c1ccccc1. The van der Waals surface area contributed by atoms with E-state index in [9.17, 15) is 15.0 Å². The van der Waals surface area contributed by atoms with E-state index in [1.807, 2.05) is 6.07 Å². The molecule has 0 bridgehead atoms. The van der Waals surface area contributed by atoms with E-state index >= 15 is 0 Å². The first kappa shape index (κ1) is 16.6. The fourth-order valence-corrected chi connectivity index (χ4v) is 3.08. The van der Waals surface area contributed by atoms with Gasteiger partial charge in [0.1, 0.15) is 17.8 Å². The lowest BCUT2D eigenvalue weighted by molar-refractivity contribution is -0.0432. The number of carbonyl (C=O) groups excluding carboxylic acids is 1. The number of rotatable bonds is 4. The van der Waals surface area contributed by atoms with E-state index in [4.69, 9.17) is 4.74 Å². The molecule has 8 heteroatoms. The molecule has 1 saturated heterocycles. The van der Waals surface area contributed by atoms with Gasteiger partial charge in [0.2, 0.25) is 0 Å². The van der Waals surface area contributed by atoms with Crippen molar-refractivity contribution in [3.8, 4) is 0 Å². The van der Waals surface area contributed by atoms with Crippen LogP contribution in [0.2, 0.25) is 0 Å². The Bertz CT molecular complexity index is 927. The Labute approximate surface area is 149 Å². The van der Waals surface area contributed by atoms with Gasteiger partial charge in [-0.2, -0.15) is 0 Å². The zero-order chi connectivity index (χ0) is 18.1. The summed E-state index contributed by atoms with van der Waals surface area (Å²) in [5.74, 6) is -0.236. The Morgan fingerprint density at radius 2 is 2.08 bits per heavy atom. The van der Waals surface area contributed by atoms with Crippen molar-refractivity contribution in [3.63, 3.8) is 0 Å². The number of nitrogens with zero attached hydrogens (tertiary/aromatic N) is 3. The lowest BCUT2D eigenvalue weighted by Gasteiger charge is -2.13. The number of hydrogen-bond acceptors (Lipinski definition) is 6. The molecule has 1 aromatic carbocycles. The molecule has 134 valence electrons. The zero-order valence-electron chi connectivity index (χ0n) is 13.8. The van der Waals surface area contributed by atoms with Crippen LogP contribution in [0.25, 0.3) is 11.2 Å². The number of aliphatic hydroxyl groups excluding tert-OH is 2. The number of hydrogen-bond donors (Lipinski definition) is 3. The molecule has 3 N–H and O–H groups in total. The van der Waals surface area contributed by atoms with Crippen LogP contribution in [0.1, 0.15) is 23.0 Å². The van der Waals surface area contributed by atoms with Gasteiger partial charge in [-0.1, -0.05) is 18.2 Å². The number of aliphatic hydroxyl groups is 2. The molecule has 0 radical (unpaired) electrons. The summed E-state index contributed by atoms with van der Waals surface area (Å²) in [7, 11) is 0. The maximum Gasteiger partial charge on any atom is 0.255 e. The molecule has 1 aliphatic heterocycles. The second-order valence-corrected chi connectivity index (χ2v) is 6.12. The van der Waals surface area contributed by atoms with Crippen LogP contribution < -0.4 is 5.32 Å². The highest BCUT2D eigenvalue weighted by Crippen LogP contribution is 2.32. The minimum Gasteiger partial charge on any atom is -0.394 e. The zero-order valence-corrected chi connectivity index (χ0v) is 13.8. The summed E-state index contributed by atoms with van der Waals surface area (Å²) in [4.78, 5) is 21.1. The van der Waals surface area contributed by atoms with Crippen LogP contribution in [0.15, 0.2) is 48.9 Å². The summed E-state index contributed by atoms with van der Waals surface area (Å²) in [6.07, 6.45) is 1.63. The molecule has 2 aromatic heterocycles. The number of benzene rings is 1. The molecule has 0 spiro atoms. The number of aromatic nitrogens is 3. The van der Waals surface area contributed by atoms with Gasteiger partial charge in [-0.15, -0.1) is 0 Å². The molecule has 1 aliphatic rings. The lowest BCUT2D eigenvalue weighted by Crippen LogP contribution is -2.24. The van der Waals surface area contributed by atoms with E-state index in [0.717, 1.165) is 0 Å². The van der Waals surface area contributed by atoms with Crippen molar-refractivity contribution >= 4 is 22.8 Å². The minimum atomic E-state index is -0.747. The number of imidazole rings is 1. The van der Waals surface area contributed by atoms with Gasteiger partial charge >= 0.3 is 0 Å². The van der Waals surface area contributed by atoms with Crippen molar-refractivity contribution in [2.24, 2.45) is 0 Å². The van der Waals surface area contributed by atoms with E-state index in [-0.39, 0.29) is 12.5 Å². The fourth-order valence-electron chi connectivity index (χ4n) is 3.08. The Balaban J connectivity index is 1.63. The highest BCUT2D eigenvalue weighted by Gasteiger charge is 2.35. The smallest absolute Gasteiger partial charge is 0.255 e. The molecule has 3 atom stereocenters.